The van der Waals surface area contributed by atoms with Gasteiger partial charge in [-0.3, -0.25) is 22.7 Å². The highest BCUT2D eigenvalue weighted by Crippen LogP contribution is 2.54. The minimum absolute atomic E-state index is 0.0332. The Kier molecular flexibility index (Phi) is 7.23. The van der Waals surface area contributed by atoms with Gasteiger partial charge >= 0.3 is 7.82 Å². The van der Waals surface area contributed by atoms with Crippen molar-refractivity contribution in [3.8, 4) is 0 Å². The van der Waals surface area contributed by atoms with Crippen LogP contribution < -0.4 is 11.5 Å². The van der Waals surface area contributed by atoms with E-state index in [2.05, 4.69) is 24.9 Å². The average molecular weight is 657 g/mol. The smallest absolute Gasteiger partial charge is 0.397 e. The van der Waals surface area contributed by atoms with E-state index in [0.717, 1.165) is 13.9 Å². The lowest BCUT2D eigenvalue weighted by Gasteiger charge is -2.26. The maximum atomic E-state index is 15.9. The number of nitrogen functional groups attached to an aromatic ring is 2. The fourth-order valence-corrected chi connectivity index (χ4v) is 7.45. The van der Waals surface area contributed by atoms with Crippen LogP contribution >= 0.6 is 15.3 Å². The monoisotopic (exact) mass is 657 g/mol. The van der Waals surface area contributed by atoms with Crippen molar-refractivity contribution in [1.29, 1.82) is 0 Å². The highest BCUT2D eigenvalue weighted by atomic mass is 31.2. The van der Waals surface area contributed by atoms with Crippen LogP contribution in [-0.2, 0) is 36.7 Å². The number of pyridine rings is 1. The lowest BCUT2D eigenvalue weighted by Crippen LogP contribution is -2.34. The maximum Gasteiger partial charge on any atom is 0.472 e. The Labute approximate surface area is 246 Å². The van der Waals surface area contributed by atoms with Gasteiger partial charge in [-0.2, -0.15) is 0 Å². The van der Waals surface area contributed by atoms with E-state index in [9.17, 15) is 14.0 Å². The maximum absolute atomic E-state index is 15.9. The molecule has 10 atom stereocenters. The van der Waals surface area contributed by atoms with Crippen molar-refractivity contribution >= 4 is 56.7 Å². The SMILES string of the molecule is BP1(=O)OC[C@H]2O[C@@H](n3cnc4c(N)ncnc43)[C@H](F)[C@@H]2OP(=O)(O)OC[C@H]2O[C@@H](n3cnc4c(N)ccnc43)[C@H](O1)[C@@H]2F. The van der Waals surface area contributed by atoms with E-state index in [4.69, 9.17) is 39.0 Å². The van der Waals surface area contributed by atoms with E-state index in [0.29, 0.717) is 11.2 Å². The minimum Gasteiger partial charge on any atom is -0.397 e. The molecule has 44 heavy (non-hydrogen) atoms. The summed E-state index contributed by atoms with van der Waals surface area (Å²) in [5.74, 6) is 0.0332. The number of ether oxygens (including phenoxy) is 2. The summed E-state index contributed by atoms with van der Waals surface area (Å²) in [6.45, 7) is -1.49. The third kappa shape index (κ3) is 5.07. The average Bonchev–Trinajstić information content (AvgIpc) is 3.73. The van der Waals surface area contributed by atoms with E-state index in [1.54, 1.807) is 0 Å². The number of phosphoric ester groups is 1. The normalized spacial score (nSPS) is 38.2. The highest BCUT2D eigenvalue weighted by Gasteiger charge is 2.54. The van der Waals surface area contributed by atoms with Crippen LogP contribution in [0.1, 0.15) is 12.5 Å². The molecule has 3 saturated heterocycles. The second-order valence-corrected chi connectivity index (χ2v) is 13.7. The Bertz CT molecular complexity index is 1840. The number of hydrogen-bond donors (Lipinski definition) is 3. The molecule has 0 aromatic carbocycles. The number of nitrogens with two attached hydrogens (primary N) is 2. The second kappa shape index (κ2) is 10.7. The summed E-state index contributed by atoms with van der Waals surface area (Å²) in [6.07, 6.45) is -8.28. The van der Waals surface area contributed by atoms with Gasteiger partial charge in [-0.1, -0.05) is 0 Å². The van der Waals surface area contributed by atoms with Crippen LogP contribution in [0, 0.1) is 0 Å². The number of imidazole rings is 2. The van der Waals surface area contributed by atoms with Gasteiger partial charge in [0.05, 0.1) is 31.6 Å². The van der Waals surface area contributed by atoms with Crippen molar-refractivity contribution in [1.82, 2.24) is 34.1 Å². The molecule has 0 amide bonds. The number of hydrogen-bond acceptors (Lipinski definition) is 15. The molecule has 2 unspecified atom stereocenters. The Morgan fingerprint density at radius 3 is 2.34 bits per heavy atom. The molecule has 0 saturated carbocycles. The Balaban J connectivity index is 1.20. The second-order valence-electron chi connectivity index (χ2n) is 10.3. The number of rotatable bonds is 2. The molecule has 234 valence electrons. The third-order valence-electron chi connectivity index (χ3n) is 7.40. The van der Waals surface area contributed by atoms with Crippen molar-refractivity contribution in [2.75, 3.05) is 24.7 Å². The van der Waals surface area contributed by atoms with E-state index >= 15 is 8.78 Å². The summed E-state index contributed by atoms with van der Waals surface area (Å²) >= 11 is 0. The van der Waals surface area contributed by atoms with E-state index < -0.39 is 77.7 Å². The number of fused-ring (bicyclic) bond motifs is 5. The van der Waals surface area contributed by atoms with Crippen LogP contribution in [0.5, 0.6) is 0 Å². The van der Waals surface area contributed by atoms with E-state index in [1.807, 2.05) is 0 Å². The van der Waals surface area contributed by atoms with Crippen molar-refractivity contribution < 1.29 is 50.4 Å². The van der Waals surface area contributed by atoms with Crippen LogP contribution in [0.15, 0.2) is 31.2 Å². The summed E-state index contributed by atoms with van der Waals surface area (Å²) in [6, 6.07) is 1.52. The van der Waals surface area contributed by atoms with Gasteiger partial charge in [-0.25, -0.2) is 38.3 Å². The molecule has 5 N–H and O–H groups in total. The molecule has 7 heterocycles. The van der Waals surface area contributed by atoms with Crippen molar-refractivity contribution in [3.05, 3.63) is 31.2 Å². The van der Waals surface area contributed by atoms with Gasteiger partial charge in [-0.05, 0) is 6.07 Å². The number of anilines is 2. The van der Waals surface area contributed by atoms with Gasteiger partial charge in [0.15, 0.2) is 41.9 Å². The topological polar surface area (TPSA) is 236 Å². The van der Waals surface area contributed by atoms with Gasteiger partial charge in [0.2, 0.25) is 0 Å². The standard InChI is InChI=1S/C21H24BF2N9O9P2/c22-43(34)37-4-10-15(12(24)20(40-10)32-7-31-14-17(26)28-5-29-19(14)32)42-44(35,36)38-3-9-11(23)16(41-43)21(39-9)33-6-30-13-8(25)1-2-27-18(13)33/h1-2,5-7,9-12,15-16,20-21H,3-4,22H2,(H2,25,27)(H,35,36)(H2,26,28,29)/t9-,10-,11-,12-,15-,16-,20-,21-,43?/m1/s1. The van der Waals surface area contributed by atoms with Crippen LogP contribution in [0.3, 0.4) is 0 Å². The van der Waals surface area contributed by atoms with Gasteiger partial charge in [0.25, 0.3) is 15.0 Å². The zero-order valence-corrected chi connectivity index (χ0v) is 24.4. The van der Waals surface area contributed by atoms with Crippen molar-refractivity contribution in [2.45, 2.75) is 49.2 Å². The van der Waals surface area contributed by atoms with Gasteiger partial charge in [0.1, 0.15) is 41.8 Å². The van der Waals surface area contributed by atoms with Crippen molar-refractivity contribution in [3.63, 3.8) is 0 Å². The van der Waals surface area contributed by atoms with Gasteiger partial charge < -0.3 is 34.9 Å². The van der Waals surface area contributed by atoms with Crippen molar-refractivity contribution in [2.24, 2.45) is 0 Å². The molecular formula is C21H24BF2N9O9P2. The summed E-state index contributed by atoms with van der Waals surface area (Å²) in [5.41, 5.74) is 12.9. The largest absolute Gasteiger partial charge is 0.472 e. The summed E-state index contributed by atoms with van der Waals surface area (Å²) in [5, 5.41) is 0. The Morgan fingerprint density at radius 2 is 1.55 bits per heavy atom. The van der Waals surface area contributed by atoms with Crippen LogP contribution in [0.4, 0.5) is 20.3 Å². The number of halogens is 2. The van der Waals surface area contributed by atoms with Crippen LogP contribution in [0.25, 0.3) is 22.3 Å². The first kappa shape index (κ1) is 29.6. The molecular weight excluding hydrogens is 633 g/mol. The summed E-state index contributed by atoms with van der Waals surface area (Å²) < 4.78 is 93.8. The molecule has 3 fully saturated rings. The molecule has 18 nitrogen and oxygen atoms in total. The fraction of sp³-hybridized carbons (Fsp3) is 0.476. The summed E-state index contributed by atoms with van der Waals surface area (Å²) in [4.78, 5) is 30.9. The number of alkyl halides is 2. The lowest BCUT2D eigenvalue weighted by molar-refractivity contribution is -0.0613. The number of nitrogens with zero attached hydrogens (tertiary/aromatic N) is 7. The zero-order chi connectivity index (χ0) is 31.0. The molecule has 3 aliphatic rings. The predicted molar refractivity (Wildman–Crippen MR) is 147 cm³/mol. The minimum atomic E-state index is -5.09. The molecule has 2 bridgehead atoms. The highest BCUT2D eigenvalue weighted by molar-refractivity contribution is 7.79. The summed E-state index contributed by atoms with van der Waals surface area (Å²) in [7, 11) is -8.16. The molecule has 4 aromatic rings. The first-order valence-electron chi connectivity index (χ1n) is 13.1. The Hall–Kier alpha value is -3.13. The molecule has 0 aliphatic carbocycles. The van der Waals surface area contributed by atoms with Gasteiger partial charge in [0, 0.05) is 6.20 Å². The molecule has 4 aromatic heterocycles. The third-order valence-corrected chi connectivity index (χ3v) is 9.63. The van der Waals surface area contributed by atoms with Gasteiger partial charge in [-0.15, -0.1) is 0 Å². The molecule has 0 spiro atoms. The van der Waals surface area contributed by atoms with E-state index in [-0.39, 0.29) is 22.6 Å². The van der Waals surface area contributed by atoms with Crippen LogP contribution in [-0.4, -0.2) is 96.5 Å². The molecule has 3 aliphatic heterocycles. The number of phosphoric acid groups is 1. The lowest BCUT2D eigenvalue weighted by atomic mass is 10.1. The van der Waals surface area contributed by atoms with E-state index in [1.165, 1.54) is 34.1 Å². The quantitative estimate of drug-likeness (QED) is 0.197. The number of aromatic nitrogens is 7. The first-order valence-corrected chi connectivity index (χ1v) is 16.6. The molecule has 23 heteroatoms. The predicted octanol–water partition coefficient (Wildman–Crippen LogP) is 0.565. The zero-order valence-electron chi connectivity index (χ0n) is 22.6. The molecule has 7 rings (SSSR count). The Morgan fingerprint density at radius 1 is 0.864 bits per heavy atom. The fourth-order valence-electron chi connectivity index (χ4n) is 5.35. The van der Waals surface area contributed by atoms with Crippen LogP contribution in [0.2, 0.25) is 0 Å². The molecule has 0 radical (unpaired) electrons. The first-order chi connectivity index (χ1) is 20.9.